The summed E-state index contributed by atoms with van der Waals surface area (Å²) in [5.74, 6) is -0.114. The van der Waals surface area contributed by atoms with Gasteiger partial charge in [-0.1, -0.05) is 57.6 Å². The molecule has 1 fully saturated rings. The van der Waals surface area contributed by atoms with Crippen molar-refractivity contribution in [2.45, 2.75) is 95.9 Å². The number of esters is 1. The lowest BCUT2D eigenvalue weighted by atomic mass is 10.1. The molecule has 0 saturated carbocycles. The van der Waals surface area contributed by atoms with Crippen molar-refractivity contribution in [2.75, 3.05) is 7.11 Å². The summed E-state index contributed by atoms with van der Waals surface area (Å²) in [7, 11) is 1.43. The molecule has 3 unspecified atom stereocenters. The minimum Gasteiger partial charge on any atom is -0.469 e. The standard InChI is InChI=1S/C19H34O4/c1-3-4-10-14-17-19(23-17)16(20)13-11-8-6-5-7-9-12-15-18(21)22-2/h11,13,16-17,19-20H,3-10,12,14-15H2,1-2H3. The zero-order chi connectivity index (χ0) is 16.9. The Morgan fingerprint density at radius 1 is 1.17 bits per heavy atom. The summed E-state index contributed by atoms with van der Waals surface area (Å²) in [6.07, 6.45) is 15.6. The van der Waals surface area contributed by atoms with Crippen LogP contribution in [-0.2, 0) is 14.3 Å². The summed E-state index contributed by atoms with van der Waals surface area (Å²) >= 11 is 0. The molecule has 23 heavy (non-hydrogen) atoms. The number of rotatable bonds is 14. The van der Waals surface area contributed by atoms with Crippen molar-refractivity contribution in [3.05, 3.63) is 12.2 Å². The predicted molar refractivity (Wildman–Crippen MR) is 92.3 cm³/mol. The van der Waals surface area contributed by atoms with Crippen LogP contribution >= 0.6 is 0 Å². The van der Waals surface area contributed by atoms with E-state index in [1.807, 2.05) is 6.08 Å². The molecular weight excluding hydrogens is 292 g/mol. The molecule has 0 radical (unpaired) electrons. The molecule has 4 nitrogen and oxygen atoms in total. The number of ether oxygens (including phenoxy) is 2. The van der Waals surface area contributed by atoms with Crippen LogP contribution in [0.2, 0.25) is 0 Å². The van der Waals surface area contributed by atoms with Gasteiger partial charge in [-0.3, -0.25) is 4.79 Å². The minimum atomic E-state index is -0.443. The first-order valence-electron chi connectivity index (χ1n) is 9.26. The van der Waals surface area contributed by atoms with Crippen molar-refractivity contribution in [3.8, 4) is 0 Å². The third kappa shape index (κ3) is 9.77. The second-order valence-corrected chi connectivity index (χ2v) is 6.44. The van der Waals surface area contributed by atoms with E-state index in [2.05, 4.69) is 17.7 Å². The Morgan fingerprint density at radius 3 is 2.65 bits per heavy atom. The van der Waals surface area contributed by atoms with E-state index in [0.717, 1.165) is 38.5 Å². The Morgan fingerprint density at radius 2 is 1.91 bits per heavy atom. The smallest absolute Gasteiger partial charge is 0.305 e. The monoisotopic (exact) mass is 326 g/mol. The van der Waals surface area contributed by atoms with Crippen molar-refractivity contribution in [1.82, 2.24) is 0 Å². The number of hydrogen-bond acceptors (Lipinski definition) is 4. The van der Waals surface area contributed by atoms with E-state index in [1.54, 1.807) is 0 Å². The first-order chi connectivity index (χ1) is 11.2. The molecule has 1 N–H and O–H groups in total. The number of aliphatic hydroxyl groups is 1. The lowest BCUT2D eigenvalue weighted by Gasteiger charge is -2.02. The molecule has 1 rings (SSSR count). The van der Waals surface area contributed by atoms with Crippen molar-refractivity contribution in [1.29, 1.82) is 0 Å². The molecule has 0 spiro atoms. The van der Waals surface area contributed by atoms with Crippen LogP contribution in [0.25, 0.3) is 0 Å². The first-order valence-corrected chi connectivity index (χ1v) is 9.26. The number of hydrogen-bond donors (Lipinski definition) is 1. The Hall–Kier alpha value is -0.870. The van der Waals surface area contributed by atoms with Gasteiger partial charge in [-0.2, -0.15) is 0 Å². The van der Waals surface area contributed by atoms with Crippen molar-refractivity contribution in [3.63, 3.8) is 0 Å². The van der Waals surface area contributed by atoms with Crippen LogP contribution in [0.4, 0.5) is 0 Å². The van der Waals surface area contributed by atoms with Gasteiger partial charge in [0.1, 0.15) is 12.2 Å². The van der Waals surface area contributed by atoms with Crippen LogP contribution < -0.4 is 0 Å². The van der Waals surface area contributed by atoms with Crippen LogP contribution in [-0.4, -0.2) is 36.5 Å². The maximum atomic E-state index is 10.9. The molecule has 0 bridgehead atoms. The van der Waals surface area contributed by atoms with E-state index in [4.69, 9.17) is 4.74 Å². The fraction of sp³-hybridized carbons (Fsp3) is 0.842. The van der Waals surface area contributed by atoms with Gasteiger partial charge in [0.2, 0.25) is 0 Å². The van der Waals surface area contributed by atoms with Gasteiger partial charge in [0.15, 0.2) is 0 Å². The summed E-state index contributed by atoms with van der Waals surface area (Å²) in [6.45, 7) is 2.20. The average Bonchev–Trinajstić information content (AvgIpc) is 3.32. The van der Waals surface area contributed by atoms with Crippen LogP contribution in [0.3, 0.4) is 0 Å². The number of methoxy groups -OCH3 is 1. The molecule has 0 aromatic rings. The van der Waals surface area contributed by atoms with Crippen LogP contribution in [0.1, 0.15) is 77.6 Å². The largest absolute Gasteiger partial charge is 0.469 e. The highest BCUT2D eigenvalue weighted by molar-refractivity contribution is 5.68. The van der Waals surface area contributed by atoms with Crippen molar-refractivity contribution >= 4 is 5.97 Å². The molecule has 1 aliphatic heterocycles. The number of aliphatic hydroxyl groups excluding tert-OH is 1. The molecule has 1 saturated heterocycles. The third-order valence-corrected chi connectivity index (χ3v) is 4.36. The van der Waals surface area contributed by atoms with E-state index >= 15 is 0 Å². The molecular formula is C19H34O4. The molecule has 0 aromatic heterocycles. The molecule has 3 atom stereocenters. The van der Waals surface area contributed by atoms with Gasteiger partial charge in [-0.05, 0) is 25.7 Å². The summed E-state index contributed by atoms with van der Waals surface area (Å²) in [5, 5.41) is 10.0. The highest BCUT2D eigenvalue weighted by Gasteiger charge is 2.42. The topological polar surface area (TPSA) is 59.1 Å². The second-order valence-electron chi connectivity index (χ2n) is 6.44. The summed E-state index contributed by atoms with van der Waals surface area (Å²) < 4.78 is 10.1. The molecule has 1 aliphatic rings. The first kappa shape index (κ1) is 20.2. The third-order valence-electron chi connectivity index (χ3n) is 4.36. The number of carbonyl (C=O) groups excluding carboxylic acids is 1. The zero-order valence-electron chi connectivity index (χ0n) is 14.8. The fourth-order valence-corrected chi connectivity index (χ4v) is 2.79. The van der Waals surface area contributed by atoms with Gasteiger partial charge in [-0.15, -0.1) is 0 Å². The van der Waals surface area contributed by atoms with Crippen molar-refractivity contribution < 1.29 is 19.4 Å². The highest BCUT2D eigenvalue weighted by Crippen LogP contribution is 2.30. The quantitative estimate of drug-likeness (QED) is 0.225. The summed E-state index contributed by atoms with van der Waals surface area (Å²) in [5.41, 5.74) is 0. The van der Waals surface area contributed by atoms with E-state index in [-0.39, 0.29) is 18.2 Å². The molecule has 0 amide bonds. The highest BCUT2D eigenvalue weighted by atomic mass is 16.6. The maximum Gasteiger partial charge on any atom is 0.305 e. The number of carbonyl (C=O) groups is 1. The second kappa shape index (κ2) is 12.5. The van der Waals surface area contributed by atoms with Gasteiger partial charge in [0.25, 0.3) is 0 Å². The molecule has 4 heteroatoms. The van der Waals surface area contributed by atoms with Gasteiger partial charge in [-0.25, -0.2) is 0 Å². The Labute approximate surface area is 141 Å². The molecule has 0 aliphatic carbocycles. The molecule has 1 heterocycles. The van der Waals surface area contributed by atoms with Gasteiger partial charge in [0.05, 0.1) is 13.2 Å². The fourth-order valence-electron chi connectivity index (χ4n) is 2.79. The van der Waals surface area contributed by atoms with Gasteiger partial charge < -0.3 is 14.6 Å². The lowest BCUT2D eigenvalue weighted by Crippen LogP contribution is -2.13. The maximum absolute atomic E-state index is 10.9. The number of unbranched alkanes of at least 4 members (excludes halogenated alkanes) is 7. The predicted octanol–water partition coefficient (Wildman–Crippen LogP) is 4.15. The van der Waals surface area contributed by atoms with Crippen LogP contribution in [0.15, 0.2) is 12.2 Å². The van der Waals surface area contributed by atoms with Gasteiger partial charge in [0, 0.05) is 6.42 Å². The SMILES string of the molecule is CCCCCC1OC1C(O)C=CCCCCCCCC(=O)OC. The molecule has 0 aromatic carbocycles. The average molecular weight is 326 g/mol. The Kier molecular flexibility index (Phi) is 11.0. The van der Waals surface area contributed by atoms with E-state index in [1.165, 1.54) is 32.8 Å². The zero-order valence-corrected chi connectivity index (χ0v) is 14.8. The Balaban J connectivity index is 1.91. The van der Waals surface area contributed by atoms with E-state index < -0.39 is 6.10 Å². The summed E-state index contributed by atoms with van der Waals surface area (Å²) in [6, 6.07) is 0. The Bertz CT molecular complexity index is 340. The lowest BCUT2D eigenvalue weighted by molar-refractivity contribution is -0.140. The van der Waals surface area contributed by atoms with Crippen molar-refractivity contribution in [2.24, 2.45) is 0 Å². The normalized spacial score (nSPS) is 21.5. The number of allylic oxidation sites excluding steroid dienone is 1. The minimum absolute atomic E-state index is 0.0291. The van der Waals surface area contributed by atoms with Gasteiger partial charge >= 0.3 is 5.97 Å². The molecule has 134 valence electrons. The van der Waals surface area contributed by atoms with Crippen LogP contribution in [0, 0.1) is 0 Å². The van der Waals surface area contributed by atoms with Crippen LogP contribution in [0.5, 0.6) is 0 Å². The van der Waals surface area contributed by atoms with E-state index in [9.17, 15) is 9.90 Å². The van der Waals surface area contributed by atoms with E-state index in [0.29, 0.717) is 6.42 Å². The number of epoxide rings is 1. The summed E-state index contributed by atoms with van der Waals surface area (Å²) in [4.78, 5) is 10.9.